The van der Waals surface area contributed by atoms with E-state index in [1.54, 1.807) is 6.20 Å². The number of halogens is 1. The SMILES string of the molecule is CC1(C)CC(=O)C(=CNc2ccc(I)cc2)C(=O)C1. The number of benzene rings is 1. The van der Waals surface area contributed by atoms with Crippen molar-refractivity contribution in [3.8, 4) is 0 Å². The summed E-state index contributed by atoms with van der Waals surface area (Å²) in [6.45, 7) is 3.90. The predicted molar refractivity (Wildman–Crippen MR) is 83.9 cm³/mol. The number of allylic oxidation sites excluding steroid dienone is 1. The van der Waals surface area contributed by atoms with Crippen LogP contribution in [-0.2, 0) is 9.59 Å². The van der Waals surface area contributed by atoms with Crippen LogP contribution < -0.4 is 5.32 Å². The van der Waals surface area contributed by atoms with E-state index in [2.05, 4.69) is 27.9 Å². The van der Waals surface area contributed by atoms with Gasteiger partial charge in [-0.3, -0.25) is 9.59 Å². The quantitative estimate of drug-likeness (QED) is 0.493. The summed E-state index contributed by atoms with van der Waals surface area (Å²) >= 11 is 2.23. The molecule has 0 bridgehead atoms. The molecule has 0 unspecified atom stereocenters. The van der Waals surface area contributed by atoms with E-state index in [0.717, 1.165) is 9.26 Å². The van der Waals surface area contributed by atoms with Crippen molar-refractivity contribution in [2.45, 2.75) is 26.7 Å². The third kappa shape index (κ3) is 3.65. The third-order valence-electron chi connectivity index (χ3n) is 3.11. The van der Waals surface area contributed by atoms with Gasteiger partial charge in [-0.15, -0.1) is 0 Å². The van der Waals surface area contributed by atoms with Crippen molar-refractivity contribution in [2.75, 3.05) is 5.32 Å². The van der Waals surface area contributed by atoms with Crippen LogP contribution in [-0.4, -0.2) is 11.6 Å². The van der Waals surface area contributed by atoms with Gasteiger partial charge >= 0.3 is 0 Å². The van der Waals surface area contributed by atoms with E-state index in [0.29, 0.717) is 12.8 Å². The van der Waals surface area contributed by atoms with Gasteiger partial charge < -0.3 is 5.32 Å². The van der Waals surface area contributed by atoms with Crippen LogP contribution in [0.5, 0.6) is 0 Å². The number of hydrogen-bond donors (Lipinski definition) is 1. The summed E-state index contributed by atoms with van der Waals surface area (Å²) in [4.78, 5) is 23.9. The average Bonchev–Trinajstić information content (AvgIpc) is 2.29. The number of rotatable bonds is 2. The zero-order valence-corrected chi connectivity index (χ0v) is 13.2. The minimum Gasteiger partial charge on any atom is -0.361 e. The summed E-state index contributed by atoms with van der Waals surface area (Å²) in [6, 6.07) is 7.77. The van der Waals surface area contributed by atoms with Gasteiger partial charge in [0.1, 0.15) is 0 Å². The molecular formula is C15H16INO2. The molecule has 0 atom stereocenters. The highest BCUT2D eigenvalue weighted by Gasteiger charge is 2.35. The van der Waals surface area contributed by atoms with E-state index >= 15 is 0 Å². The van der Waals surface area contributed by atoms with E-state index in [1.807, 2.05) is 38.1 Å². The maximum Gasteiger partial charge on any atom is 0.168 e. The fraction of sp³-hybridized carbons (Fsp3) is 0.333. The highest BCUT2D eigenvalue weighted by molar-refractivity contribution is 14.1. The van der Waals surface area contributed by atoms with Gasteiger partial charge in [-0.1, -0.05) is 13.8 Å². The van der Waals surface area contributed by atoms with Gasteiger partial charge in [0.05, 0.1) is 5.57 Å². The molecule has 0 heterocycles. The van der Waals surface area contributed by atoms with Crippen LogP contribution in [0.2, 0.25) is 0 Å². The largest absolute Gasteiger partial charge is 0.361 e. The Morgan fingerprint density at radius 1 is 1.11 bits per heavy atom. The lowest BCUT2D eigenvalue weighted by molar-refractivity contribution is -0.127. The first-order chi connectivity index (χ1) is 8.87. The van der Waals surface area contributed by atoms with Crippen molar-refractivity contribution in [3.63, 3.8) is 0 Å². The summed E-state index contributed by atoms with van der Waals surface area (Å²) in [5.74, 6) is -0.140. The Kier molecular flexibility index (Phi) is 4.08. The van der Waals surface area contributed by atoms with Crippen LogP contribution in [0.25, 0.3) is 0 Å². The smallest absolute Gasteiger partial charge is 0.168 e. The fourth-order valence-corrected chi connectivity index (χ4v) is 2.50. The molecule has 1 aromatic carbocycles. The normalized spacial score (nSPS) is 18.4. The standard InChI is InChI=1S/C15H16INO2/c1-15(2)7-13(18)12(14(19)8-15)9-17-11-5-3-10(16)4-6-11/h3-6,9,17H,7-8H2,1-2H3. The Morgan fingerprint density at radius 2 is 1.63 bits per heavy atom. The van der Waals surface area contributed by atoms with E-state index in [-0.39, 0.29) is 22.6 Å². The van der Waals surface area contributed by atoms with Gasteiger partial charge in [0, 0.05) is 28.3 Å². The molecule has 2 rings (SSSR count). The van der Waals surface area contributed by atoms with Gasteiger partial charge in [0.25, 0.3) is 0 Å². The number of carbonyl (C=O) groups excluding carboxylic acids is 2. The molecule has 1 saturated carbocycles. The second-order valence-electron chi connectivity index (χ2n) is 5.57. The lowest BCUT2D eigenvalue weighted by Crippen LogP contribution is -2.31. The van der Waals surface area contributed by atoms with Gasteiger partial charge in [0.15, 0.2) is 11.6 Å². The molecule has 0 spiro atoms. The van der Waals surface area contributed by atoms with Crippen LogP contribution in [0.4, 0.5) is 5.69 Å². The molecule has 1 aromatic rings. The van der Waals surface area contributed by atoms with Crippen LogP contribution in [0.1, 0.15) is 26.7 Å². The van der Waals surface area contributed by atoms with Crippen molar-refractivity contribution >= 4 is 39.8 Å². The molecule has 0 aromatic heterocycles. The lowest BCUT2D eigenvalue weighted by Gasteiger charge is -2.28. The molecule has 3 nitrogen and oxygen atoms in total. The summed E-state index contributed by atoms with van der Waals surface area (Å²) < 4.78 is 1.14. The Hall–Kier alpha value is -1.17. The van der Waals surface area contributed by atoms with Crippen LogP contribution >= 0.6 is 22.6 Å². The maximum absolute atomic E-state index is 12.0. The van der Waals surface area contributed by atoms with Gasteiger partial charge in [0.2, 0.25) is 0 Å². The first-order valence-electron chi connectivity index (χ1n) is 6.16. The molecule has 0 aliphatic heterocycles. The van der Waals surface area contributed by atoms with Crippen molar-refractivity contribution in [1.82, 2.24) is 0 Å². The number of ketones is 2. The second-order valence-corrected chi connectivity index (χ2v) is 6.82. The summed E-state index contributed by atoms with van der Waals surface area (Å²) in [5, 5.41) is 3.02. The topological polar surface area (TPSA) is 46.2 Å². The molecule has 1 N–H and O–H groups in total. The molecule has 1 fully saturated rings. The minimum absolute atomic E-state index is 0.0701. The molecule has 0 amide bonds. The zero-order valence-electron chi connectivity index (χ0n) is 11.0. The number of nitrogens with one attached hydrogen (secondary N) is 1. The summed E-state index contributed by atoms with van der Waals surface area (Å²) in [6.07, 6.45) is 2.40. The average molecular weight is 369 g/mol. The number of anilines is 1. The first kappa shape index (κ1) is 14.2. The van der Waals surface area contributed by atoms with Crippen molar-refractivity contribution < 1.29 is 9.59 Å². The Bertz CT molecular complexity index is 522. The molecule has 0 saturated heterocycles. The van der Waals surface area contributed by atoms with E-state index in [1.165, 1.54) is 0 Å². The zero-order chi connectivity index (χ0) is 14.0. The third-order valence-corrected chi connectivity index (χ3v) is 3.83. The summed E-state index contributed by atoms with van der Waals surface area (Å²) in [7, 11) is 0. The highest BCUT2D eigenvalue weighted by atomic mass is 127. The van der Waals surface area contributed by atoms with Crippen LogP contribution in [0.3, 0.4) is 0 Å². The molecule has 19 heavy (non-hydrogen) atoms. The molecule has 4 heteroatoms. The fourth-order valence-electron chi connectivity index (χ4n) is 2.14. The second kappa shape index (κ2) is 5.45. The number of hydrogen-bond acceptors (Lipinski definition) is 3. The van der Waals surface area contributed by atoms with E-state index in [9.17, 15) is 9.59 Å². The molecular weight excluding hydrogens is 353 g/mol. The minimum atomic E-state index is -0.214. The number of carbonyl (C=O) groups is 2. The van der Waals surface area contributed by atoms with E-state index < -0.39 is 0 Å². The lowest BCUT2D eigenvalue weighted by atomic mass is 9.74. The van der Waals surface area contributed by atoms with Gasteiger partial charge in [-0.05, 0) is 52.3 Å². The first-order valence-corrected chi connectivity index (χ1v) is 7.24. The van der Waals surface area contributed by atoms with Crippen molar-refractivity contribution in [2.24, 2.45) is 5.41 Å². The highest BCUT2D eigenvalue weighted by Crippen LogP contribution is 2.33. The molecule has 100 valence electrons. The number of Topliss-reactive ketones (excluding diaryl/α,β-unsaturated/α-hetero) is 2. The Balaban J connectivity index is 2.13. The predicted octanol–water partition coefficient (Wildman–Crippen LogP) is 3.55. The Morgan fingerprint density at radius 3 is 2.16 bits per heavy atom. The van der Waals surface area contributed by atoms with Crippen molar-refractivity contribution in [3.05, 3.63) is 39.6 Å². The molecule has 1 aliphatic carbocycles. The van der Waals surface area contributed by atoms with E-state index in [4.69, 9.17) is 0 Å². The monoisotopic (exact) mass is 369 g/mol. The van der Waals surface area contributed by atoms with Crippen LogP contribution in [0, 0.1) is 8.99 Å². The maximum atomic E-state index is 12.0. The van der Waals surface area contributed by atoms with Gasteiger partial charge in [-0.2, -0.15) is 0 Å². The Labute approximate surface area is 126 Å². The summed E-state index contributed by atoms with van der Waals surface area (Å²) in [5.41, 5.74) is 0.949. The van der Waals surface area contributed by atoms with Crippen LogP contribution in [0.15, 0.2) is 36.0 Å². The molecule has 0 radical (unpaired) electrons. The van der Waals surface area contributed by atoms with Crippen molar-refractivity contribution in [1.29, 1.82) is 0 Å². The molecule has 1 aliphatic rings. The van der Waals surface area contributed by atoms with Gasteiger partial charge in [-0.25, -0.2) is 0 Å².